The Labute approximate surface area is 76.3 Å². The fraction of sp³-hybridized carbons (Fsp3) is 0. The highest BCUT2D eigenvalue weighted by Gasteiger charge is 2.11. The zero-order valence-electron chi connectivity index (χ0n) is 5.25. The molecule has 11 heavy (non-hydrogen) atoms. The standard InChI is InChI=1S/C6H3FINO2/c7-5-1-2-9-3-4(5)6(10)11-8/h1-3H. The van der Waals surface area contributed by atoms with Crippen LogP contribution in [0.4, 0.5) is 4.39 Å². The Kier molecular flexibility index (Phi) is 2.75. The summed E-state index contributed by atoms with van der Waals surface area (Å²) in [6.45, 7) is 0. The van der Waals surface area contributed by atoms with E-state index in [1.54, 1.807) is 0 Å². The number of carbonyl (C=O) groups is 1. The number of hydrogen-bond donors (Lipinski definition) is 0. The SMILES string of the molecule is O=C(OI)c1cnccc1F. The first kappa shape index (κ1) is 8.38. The van der Waals surface area contributed by atoms with Crippen LogP contribution in [0.5, 0.6) is 0 Å². The zero-order valence-corrected chi connectivity index (χ0v) is 7.41. The lowest BCUT2D eigenvalue weighted by molar-refractivity contribution is 0.0795. The van der Waals surface area contributed by atoms with E-state index in [1.165, 1.54) is 29.2 Å². The molecule has 1 rings (SSSR count). The molecule has 1 aromatic rings. The summed E-state index contributed by atoms with van der Waals surface area (Å²) in [6.07, 6.45) is 2.38. The highest BCUT2D eigenvalue weighted by Crippen LogP contribution is 2.07. The van der Waals surface area contributed by atoms with Gasteiger partial charge in [0, 0.05) is 12.4 Å². The molecule has 0 bridgehead atoms. The molecule has 0 aliphatic heterocycles. The molecule has 0 N–H and O–H groups in total. The van der Waals surface area contributed by atoms with E-state index < -0.39 is 11.8 Å². The van der Waals surface area contributed by atoms with Crippen molar-refractivity contribution in [3.63, 3.8) is 0 Å². The normalized spacial score (nSPS) is 9.27. The third-order valence-electron chi connectivity index (χ3n) is 1.06. The lowest BCUT2D eigenvalue weighted by atomic mass is 10.3. The van der Waals surface area contributed by atoms with Crippen molar-refractivity contribution in [2.75, 3.05) is 0 Å². The summed E-state index contributed by atoms with van der Waals surface area (Å²) in [6, 6.07) is 1.10. The Morgan fingerprint density at radius 2 is 2.45 bits per heavy atom. The Morgan fingerprint density at radius 3 is 3.00 bits per heavy atom. The van der Waals surface area contributed by atoms with Crippen molar-refractivity contribution < 1.29 is 12.3 Å². The minimum atomic E-state index is -0.726. The fourth-order valence-corrected chi connectivity index (χ4v) is 0.806. The molecule has 0 saturated heterocycles. The second-order valence-electron chi connectivity index (χ2n) is 1.72. The van der Waals surface area contributed by atoms with Gasteiger partial charge >= 0.3 is 5.97 Å². The Morgan fingerprint density at radius 1 is 1.73 bits per heavy atom. The van der Waals surface area contributed by atoms with E-state index in [-0.39, 0.29) is 5.56 Å². The van der Waals surface area contributed by atoms with Crippen LogP contribution in [0.25, 0.3) is 0 Å². The first-order chi connectivity index (χ1) is 5.25. The molecule has 0 fully saturated rings. The Bertz CT molecular complexity index is 279. The lowest BCUT2D eigenvalue weighted by Crippen LogP contribution is -2.01. The van der Waals surface area contributed by atoms with E-state index in [0.29, 0.717) is 0 Å². The number of rotatable bonds is 1. The van der Waals surface area contributed by atoms with Gasteiger partial charge in [0.1, 0.15) is 11.4 Å². The molecule has 58 valence electrons. The number of pyridine rings is 1. The minimum Gasteiger partial charge on any atom is -0.391 e. The lowest BCUT2D eigenvalue weighted by Gasteiger charge is -1.95. The van der Waals surface area contributed by atoms with Crippen molar-refractivity contribution in [1.82, 2.24) is 4.98 Å². The number of carbonyl (C=O) groups excluding carboxylic acids is 1. The molecule has 0 spiro atoms. The van der Waals surface area contributed by atoms with E-state index in [1.807, 2.05) is 0 Å². The van der Waals surface area contributed by atoms with Crippen LogP contribution in [0.2, 0.25) is 0 Å². The van der Waals surface area contributed by atoms with Crippen LogP contribution >= 0.6 is 23.0 Å². The van der Waals surface area contributed by atoms with Gasteiger partial charge in [-0.15, -0.1) is 0 Å². The van der Waals surface area contributed by atoms with Crippen LogP contribution in [-0.2, 0) is 3.07 Å². The van der Waals surface area contributed by atoms with Gasteiger partial charge in [-0.1, -0.05) is 0 Å². The predicted octanol–water partition coefficient (Wildman–Crippen LogP) is 1.73. The molecule has 3 nitrogen and oxygen atoms in total. The van der Waals surface area contributed by atoms with Crippen LogP contribution < -0.4 is 0 Å². The smallest absolute Gasteiger partial charge is 0.352 e. The first-order valence-electron chi connectivity index (χ1n) is 2.68. The highest BCUT2D eigenvalue weighted by molar-refractivity contribution is 14.1. The molecule has 1 heterocycles. The number of hydrogen-bond acceptors (Lipinski definition) is 3. The molecule has 0 unspecified atom stereocenters. The maximum Gasteiger partial charge on any atom is 0.352 e. The average Bonchev–Trinajstić information content (AvgIpc) is 2.04. The average molecular weight is 267 g/mol. The van der Waals surface area contributed by atoms with Gasteiger partial charge in [0.05, 0.1) is 0 Å². The van der Waals surface area contributed by atoms with Gasteiger partial charge in [-0.05, 0) is 6.07 Å². The van der Waals surface area contributed by atoms with E-state index in [2.05, 4.69) is 8.05 Å². The molecule has 5 heteroatoms. The van der Waals surface area contributed by atoms with Gasteiger partial charge in [0.2, 0.25) is 0 Å². The first-order valence-corrected chi connectivity index (χ1v) is 3.56. The van der Waals surface area contributed by atoms with Gasteiger partial charge in [-0.2, -0.15) is 0 Å². The molecular weight excluding hydrogens is 264 g/mol. The minimum absolute atomic E-state index is 0.151. The molecule has 0 saturated carbocycles. The summed E-state index contributed by atoms with van der Waals surface area (Å²) >= 11 is 1.39. The molecule has 1 aromatic heterocycles. The summed E-state index contributed by atoms with van der Waals surface area (Å²) in [5.41, 5.74) is -0.151. The van der Waals surface area contributed by atoms with Crippen LogP contribution in [0.3, 0.4) is 0 Å². The summed E-state index contributed by atoms with van der Waals surface area (Å²) in [7, 11) is 0. The van der Waals surface area contributed by atoms with Crippen LogP contribution in [0.1, 0.15) is 10.4 Å². The molecule has 0 radical (unpaired) electrons. The van der Waals surface area contributed by atoms with Gasteiger partial charge in [0.15, 0.2) is 23.0 Å². The molecule has 0 aromatic carbocycles. The topological polar surface area (TPSA) is 39.2 Å². The summed E-state index contributed by atoms with van der Waals surface area (Å²) in [4.78, 5) is 14.3. The Balaban J connectivity index is 3.03. The quantitative estimate of drug-likeness (QED) is 0.727. The van der Waals surface area contributed by atoms with Gasteiger partial charge < -0.3 is 3.07 Å². The third-order valence-corrected chi connectivity index (χ3v) is 1.46. The molecule has 0 aliphatic carbocycles. The second kappa shape index (κ2) is 3.61. The number of aromatic nitrogens is 1. The molecule has 0 atom stereocenters. The maximum atomic E-state index is 12.7. The van der Waals surface area contributed by atoms with Crippen molar-refractivity contribution in [1.29, 1.82) is 0 Å². The summed E-state index contributed by atoms with van der Waals surface area (Å²) in [5.74, 6) is -1.35. The monoisotopic (exact) mass is 267 g/mol. The summed E-state index contributed by atoms with van der Waals surface area (Å²) in [5, 5.41) is 0. The van der Waals surface area contributed by atoms with Crippen LogP contribution in [-0.4, -0.2) is 11.0 Å². The maximum absolute atomic E-state index is 12.7. The van der Waals surface area contributed by atoms with Crippen molar-refractivity contribution in [3.05, 3.63) is 29.8 Å². The molecular formula is C6H3FINO2. The third kappa shape index (κ3) is 1.86. The van der Waals surface area contributed by atoms with E-state index >= 15 is 0 Å². The number of nitrogens with zero attached hydrogens (tertiary/aromatic N) is 1. The number of halogens is 2. The predicted molar refractivity (Wildman–Crippen MR) is 43.6 cm³/mol. The van der Waals surface area contributed by atoms with Crippen molar-refractivity contribution in [2.45, 2.75) is 0 Å². The molecule has 0 amide bonds. The van der Waals surface area contributed by atoms with E-state index in [0.717, 1.165) is 12.3 Å². The Hall–Kier alpha value is -0.720. The molecule has 0 aliphatic rings. The zero-order chi connectivity index (χ0) is 8.27. The van der Waals surface area contributed by atoms with Crippen LogP contribution in [0, 0.1) is 5.82 Å². The van der Waals surface area contributed by atoms with E-state index in [4.69, 9.17) is 0 Å². The highest BCUT2D eigenvalue weighted by atomic mass is 127. The second-order valence-corrected chi connectivity index (χ2v) is 2.16. The fourth-order valence-electron chi connectivity index (χ4n) is 0.569. The van der Waals surface area contributed by atoms with E-state index in [9.17, 15) is 9.18 Å². The van der Waals surface area contributed by atoms with Gasteiger partial charge in [0.25, 0.3) is 0 Å². The summed E-state index contributed by atoms with van der Waals surface area (Å²) < 4.78 is 17.0. The van der Waals surface area contributed by atoms with Crippen molar-refractivity contribution in [3.8, 4) is 0 Å². The van der Waals surface area contributed by atoms with Crippen molar-refractivity contribution >= 4 is 29.0 Å². The largest absolute Gasteiger partial charge is 0.391 e. The van der Waals surface area contributed by atoms with Crippen LogP contribution in [0.15, 0.2) is 18.5 Å². The van der Waals surface area contributed by atoms with Gasteiger partial charge in [-0.3, -0.25) is 4.98 Å². The van der Waals surface area contributed by atoms with Gasteiger partial charge in [-0.25, -0.2) is 9.18 Å². The van der Waals surface area contributed by atoms with Crippen molar-refractivity contribution in [2.24, 2.45) is 0 Å².